The SMILES string of the molecule is CCC(C)CNC(=O)C=CC(=O)O. The number of carboxylic acid groups (broad SMARTS) is 1. The lowest BCUT2D eigenvalue weighted by Crippen LogP contribution is -2.26. The largest absolute Gasteiger partial charge is 0.478 e. The number of aliphatic carboxylic acids is 1. The highest BCUT2D eigenvalue weighted by Crippen LogP contribution is 1.96. The van der Waals surface area contributed by atoms with Crippen LogP contribution in [0, 0.1) is 5.92 Å². The van der Waals surface area contributed by atoms with E-state index < -0.39 is 5.97 Å². The predicted octanol–water partition coefficient (Wildman–Crippen LogP) is 0.790. The minimum atomic E-state index is -1.11. The van der Waals surface area contributed by atoms with Gasteiger partial charge in [0, 0.05) is 18.7 Å². The first-order valence-corrected chi connectivity index (χ1v) is 4.25. The van der Waals surface area contributed by atoms with E-state index in [2.05, 4.69) is 5.32 Å². The quantitative estimate of drug-likeness (QED) is 0.622. The lowest BCUT2D eigenvalue weighted by atomic mass is 10.1. The molecule has 1 amide bonds. The van der Waals surface area contributed by atoms with Crippen molar-refractivity contribution in [3.63, 3.8) is 0 Å². The molecule has 0 aromatic carbocycles. The Morgan fingerprint density at radius 1 is 1.46 bits per heavy atom. The van der Waals surface area contributed by atoms with Gasteiger partial charge >= 0.3 is 5.97 Å². The van der Waals surface area contributed by atoms with Crippen LogP contribution in [0.15, 0.2) is 12.2 Å². The summed E-state index contributed by atoms with van der Waals surface area (Å²) in [7, 11) is 0. The maximum absolute atomic E-state index is 10.9. The Labute approximate surface area is 77.6 Å². The highest BCUT2D eigenvalue weighted by molar-refractivity contribution is 5.93. The summed E-state index contributed by atoms with van der Waals surface area (Å²) in [6.07, 6.45) is 2.83. The molecule has 0 heterocycles. The second-order valence-corrected chi connectivity index (χ2v) is 2.93. The van der Waals surface area contributed by atoms with Gasteiger partial charge in [0.15, 0.2) is 0 Å². The van der Waals surface area contributed by atoms with E-state index in [1.165, 1.54) is 0 Å². The Balaban J connectivity index is 3.69. The van der Waals surface area contributed by atoms with E-state index in [9.17, 15) is 9.59 Å². The molecule has 4 heteroatoms. The van der Waals surface area contributed by atoms with Crippen LogP contribution in [-0.4, -0.2) is 23.5 Å². The minimum absolute atomic E-state index is 0.359. The van der Waals surface area contributed by atoms with Crippen molar-refractivity contribution in [3.05, 3.63) is 12.2 Å². The highest BCUT2D eigenvalue weighted by atomic mass is 16.4. The first-order valence-electron chi connectivity index (χ1n) is 4.25. The molecule has 0 aromatic rings. The van der Waals surface area contributed by atoms with Gasteiger partial charge in [0.25, 0.3) is 0 Å². The predicted molar refractivity (Wildman–Crippen MR) is 49.2 cm³/mol. The van der Waals surface area contributed by atoms with E-state index >= 15 is 0 Å². The van der Waals surface area contributed by atoms with Crippen molar-refractivity contribution < 1.29 is 14.7 Å². The monoisotopic (exact) mass is 185 g/mol. The number of carbonyl (C=O) groups excluding carboxylic acids is 1. The third-order valence-corrected chi connectivity index (χ3v) is 1.70. The van der Waals surface area contributed by atoms with Crippen molar-refractivity contribution in [1.82, 2.24) is 5.32 Å². The van der Waals surface area contributed by atoms with Gasteiger partial charge in [0.1, 0.15) is 0 Å². The molecule has 0 aromatic heterocycles. The summed E-state index contributed by atoms with van der Waals surface area (Å²) in [5.41, 5.74) is 0. The van der Waals surface area contributed by atoms with Gasteiger partial charge in [-0.25, -0.2) is 4.79 Å². The molecule has 13 heavy (non-hydrogen) atoms. The van der Waals surface area contributed by atoms with E-state index in [0.29, 0.717) is 12.5 Å². The number of rotatable bonds is 5. The first kappa shape index (κ1) is 11.7. The van der Waals surface area contributed by atoms with Crippen LogP contribution >= 0.6 is 0 Å². The van der Waals surface area contributed by atoms with Gasteiger partial charge in [-0.3, -0.25) is 4.79 Å². The molecular formula is C9H15NO3. The lowest BCUT2D eigenvalue weighted by molar-refractivity contribution is -0.131. The topological polar surface area (TPSA) is 66.4 Å². The molecule has 0 rings (SSSR count). The summed E-state index contributed by atoms with van der Waals surface area (Å²) >= 11 is 0. The molecular weight excluding hydrogens is 170 g/mol. The molecule has 1 atom stereocenters. The van der Waals surface area contributed by atoms with Crippen LogP contribution in [0.1, 0.15) is 20.3 Å². The van der Waals surface area contributed by atoms with E-state index in [4.69, 9.17) is 5.11 Å². The van der Waals surface area contributed by atoms with E-state index in [1.807, 2.05) is 13.8 Å². The molecule has 0 saturated heterocycles. The molecule has 0 radical (unpaired) electrons. The van der Waals surface area contributed by atoms with Gasteiger partial charge in [-0.1, -0.05) is 20.3 Å². The van der Waals surface area contributed by atoms with Crippen molar-refractivity contribution in [2.75, 3.05) is 6.54 Å². The molecule has 0 spiro atoms. The zero-order valence-corrected chi connectivity index (χ0v) is 7.91. The van der Waals surface area contributed by atoms with Crippen LogP contribution in [0.4, 0.5) is 0 Å². The third kappa shape index (κ3) is 7.05. The maximum Gasteiger partial charge on any atom is 0.328 e. The molecule has 0 bridgehead atoms. The van der Waals surface area contributed by atoms with Crippen LogP contribution in [-0.2, 0) is 9.59 Å². The van der Waals surface area contributed by atoms with Crippen molar-refractivity contribution in [2.45, 2.75) is 20.3 Å². The summed E-state index contributed by atoms with van der Waals surface area (Å²) in [5.74, 6) is -1.05. The summed E-state index contributed by atoms with van der Waals surface area (Å²) in [5, 5.41) is 10.8. The number of carboxylic acids is 1. The number of nitrogens with one attached hydrogen (secondary N) is 1. The Bertz CT molecular complexity index is 211. The summed E-state index contributed by atoms with van der Waals surface area (Å²) in [4.78, 5) is 20.9. The van der Waals surface area contributed by atoms with Gasteiger partial charge in [-0.05, 0) is 5.92 Å². The summed E-state index contributed by atoms with van der Waals surface area (Å²) in [6.45, 7) is 4.63. The fourth-order valence-corrected chi connectivity index (χ4v) is 0.625. The summed E-state index contributed by atoms with van der Waals surface area (Å²) < 4.78 is 0. The van der Waals surface area contributed by atoms with Crippen LogP contribution in [0.25, 0.3) is 0 Å². The number of hydrogen-bond acceptors (Lipinski definition) is 2. The number of carbonyl (C=O) groups is 2. The molecule has 1 unspecified atom stereocenters. The molecule has 0 saturated carbocycles. The first-order chi connectivity index (χ1) is 6.06. The van der Waals surface area contributed by atoms with Crippen molar-refractivity contribution in [3.8, 4) is 0 Å². The molecule has 74 valence electrons. The second-order valence-electron chi connectivity index (χ2n) is 2.93. The van der Waals surface area contributed by atoms with Gasteiger partial charge in [-0.2, -0.15) is 0 Å². The molecule has 0 aliphatic rings. The van der Waals surface area contributed by atoms with Gasteiger partial charge < -0.3 is 10.4 Å². The number of hydrogen-bond donors (Lipinski definition) is 2. The van der Waals surface area contributed by atoms with Crippen LogP contribution in [0.2, 0.25) is 0 Å². The fraction of sp³-hybridized carbons (Fsp3) is 0.556. The zero-order chi connectivity index (χ0) is 10.3. The standard InChI is InChI=1S/C9H15NO3/c1-3-7(2)6-10-8(11)4-5-9(12)13/h4-5,7H,3,6H2,1-2H3,(H,10,11)(H,12,13). The average Bonchev–Trinajstić information content (AvgIpc) is 2.10. The molecule has 0 fully saturated rings. The number of amides is 1. The van der Waals surface area contributed by atoms with Gasteiger partial charge in [0.05, 0.1) is 0 Å². The fourth-order valence-electron chi connectivity index (χ4n) is 0.625. The second kappa shape index (κ2) is 6.22. The third-order valence-electron chi connectivity index (χ3n) is 1.70. The highest BCUT2D eigenvalue weighted by Gasteiger charge is 2.00. The smallest absolute Gasteiger partial charge is 0.328 e. The Morgan fingerprint density at radius 3 is 2.54 bits per heavy atom. The Kier molecular flexibility index (Phi) is 5.59. The van der Waals surface area contributed by atoms with Gasteiger partial charge in [0.2, 0.25) is 5.91 Å². The Hall–Kier alpha value is -1.32. The van der Waals surface area contributed by atoms with Crippen molar-refractivity contribution in [2.24, 2.45) is 5.92 Å². The van der Waals surface area contributed by atoms with Crippen LogP contribution in [0.5, 0.6) is 0 Å². The Morgan fingerprint density at radius 2 is 2.08 bits per heavy atom. The normalized spacial score (nSPS) is 12.8. The van der Waals surface area contributed by atoms with Crippen LogP contribution in [0.3, 0.4) is 0 Å². The van der Waals surface area contributed by atoms with Crippen molar-refractivity contribution in [1.29, 1.82) is 0 Å². The van der Waals surface area contributed by atoms with Crippen LogP contribution < -0.4 is 5.32 Å². The van der Waals surface area contributed by atoms with Gasteiger partial charge in [-0.15, -0.1) is 0 Å². The minimum Gasteiger partial charge on any atom is -0.478 e. The molecule has 0 aliphatic heterocycles. The zero-order valence-electron chi connectivity index (χ0n) is 7.91. The average molecular weight is 185 g/mol. The maximum atomic E-state index is 10.9. The van der Waals surface area contributed by atoms with E-state index in [0.717, 1.165) is 18.6 Å². The summed E-state index contributed by atoms with van der Waals surface area (Å²) in [6, 6.07) is 0. The van der Waals surface area contributed by atoms with Crippen molar-refractivity contribution >= 4 is 11.9 Å². The lowest BCUT2D eigenvalue weighted by Gasteiger charge is -2.07. The van der Waals surface area contributed by atoms with E-state index in [-0.39, 0.29) is 5.91 Å². The molecule has 2 N–H and O–H groups in total. The van der Waals surface area contributed by atoms with E-state index in [1.54, 1.807) is 0 Å². The molecule has 0 aliphatic carbocycles. The molecule has 4 nitrogen and oxygen atoms in total.